The van der Waals surface area contributed by atoms with Gasteiger partial charge < -0.3 is 10.4 Å². The topological polar surface area (TPSA) is 177 Å². The molecule has 2 rings (SSSR count). The smallest absolute Gasteiger partial charge is 0.277 e. The number of phenols is 1. The van der Waals surface area contributed by atoms with Crippen molar-refractivity contribution >= 4 is 28.9 Å². The molecule has 168 valence electrons. The highest BCUT2D eigenvalue weighted by Gasteiger charge is 2.25. The van der Waals surface area contributed by atoms with E-state index in [4.69, 9.17) is 0 Å². The number of carbonyl (C=O) groups is 2. The predicted molar refractivity (Wildman–Crippen MR) is 114 cm³/mol. The van der Waals surface area contributed by atoms with Gasteiger partial charge in [0.2, 0.25) is 0 Å². The summed E-state index contributed by atoms with van der Waals surface area (Å²) in [6.45, 7) is 3.55. The number of nitrogens with one attached hydrogen (secondary N) is 2. The van der Waals surface area contributed by atoms with Crippen molar-refractivity contribution in [3.05, 3.63) is 73.8 Å². The van der Waals surface area contributed by atoms with Gasteiger partial charge in [-0.3, -0.25) is 29.8 Å². The maximum atomic E-state index is 12.7. The number of nitro groups is 2. The fourth-order valence-electron chi connectivity index (χ4n) is 2.56. The lowest BCUT2D eigenvalue weighted by atomic mass is 10.0. The van der Waals surface area contributed by atoms with Crippen molar-refractivity contribution < 1.29 is 24.5 Å². The van der Waals surface area contributed by atoms with Crippen molar-refractivity contribution in [1.29, 1.82) is 0 Å². The predicted octanol–water partition coefficient (Wildman–Crippen LogP) is 2.45. The minimum atomic E-state index is -1.15. The summed E-state index contributed by atoms with van der Waals surface area (Å²) in [5.74, 6) is -1.54. The first-order chi connectivity index (χ1) is 15.1. The van der Waals surface area contributed by atoms with Gasteiger partial charge in [0.25, 0.3) is 23.2 Å². The van der Waals surface area contributed by atoms with E-state index >= 15 is 0 Å². The molecule has 0 saturated heterocycles. The van der Waals surface area contributed by atoms with E-state index in [-0.39, 0.29) is 17.7 Å². The molecule has 0 aliphatic heterocycles. The van der Waals surface area contributed by atoms with Crippen LogP contribution in [0.25, 0.3) is 0 Å². The van der Waals surface area contributed by atoms with E-state index in [0.717, 1.165) is 18.2 Å². The van der Waals surface area contributed by atoms with Gasteiger partial charge in [0.15, 0.2) is 0 Å². The minimum absolute atomic E-state index is 0.00949. The summed E-state index contributed by atoms with van der Waals surface area (Å²) in [6, 6.07) is 7.29. The Balaban J connectivity index is 2.34. The Kier molecular flexibility index (Phi) is 7.93. The van der Waals surface area contributed by atoms with E-state index in [1.807, 2.05) is 6.92 Å². The van der Waals surface area contributed by atoms with Crippen LogP contribution in [0, 0.1) is 20.2 Å². The molecule has 0 heterocycles. The molecule has 1 atom stereocenters. The fourth-order valence-corrected chi connectivity index (χ4v) is 2.56. The van der Waals surface area contributed by atoms with Crippen molar-refractivity contribution in [3.63, 3.8) is 0 Å². The molecule has 0 aromatic heterocycles. The fraction of sp³-hybridized carbons (Fsp3) is 0.250. The van der Waals surface area contributed by atoms with Crippen LogP contribution < -0.4 is 10.7 Å². The van der Waals surface area contributed by atoms with Gasteiger partial charge in [-0.2, -0.15) is 5.10 Å². The van der Waals surface area contributed by atoms with Gasteiger partial charge in [0.05, 0.1) is 21.5 Å². The maximum Gasteiger partial charge on any atom is 0.277 e. The molecule has 0 saturated carbocycles. The molecule has 2 aromatic carbocycles. The van der Waals surface area contributed by atoms with Crippen LogP contribution in [-0.4, -0.2) is 38.5 Å². The number of carbonyl (C=O) groups excluding carboxylic acids is 2. The Bertz CT molecular complexity index is 1030. The van der Waals surface area contributed by atoms with E-state index in [1.165, 1.54) is 12.1 Å². The van der Waals surface area contributed by atoms with Crippen molar-refractivity contribution in [3.8, 4) is 5.75 Å². The Morgan fingerprint density at radius 2 is 1.62 bits per heavy atom. The third-order valence-electron chi connectivity index (χ3n) is 4.45. The van der Waals surface area contributed by atoms with Crippen LogP contribution in [0.15, 0.2) is 47.6 Å². The summed E-state index contributed by atoms with van der Waals surface area (Å²) < 4.78 is 0. The lowest BCUT2D eigenvalue weighted by Crippen LogP contribution is -2.47. The zero-order chi connectivity index (χ0) is 23.8. The molecule has 3 N–H and O–H groups in total. The second kappa shape index (κ2) is 10.6. The number of benzene rings is 2. The summed E-state index contributed by atoms with van der Waals surface area (Å²) in [5.41, 5.74) is 1.98. The van der Waals surface area contributed by atoms with Gasteiger partial charge in [0, 0.05) is 24.3 Å². The van der Waals surface area contributed by atoms with E-state index < -0.39 is 39.1 Å². The van der Waals surface area contributed by atoms with Crippen LogP contribution in [-0.2, 0) is 11.2 Å². The van der Waals surface area contributed by atoms with Gasteiger partial charge in [-0.15, -0.1) is 0 Å². The molecule has 0 bridgehead atoms. The number of aromatic hydroxyl groups is 1. The average molecular weight is 443 g/mol. The van der Waals surface area contributed by atoms with E-state index in [0.29, 0.717) is 17.7 Å². The molecular formula is C20H21N5O7. The SMILES string of the molecule is CC/C(C)=N/NC(=O)C(Cc1ccc(O)cc1)NC(=O)c1cc([N+](=O)[O-])cc([N+](=O)[O-])c1. The number of nitrogens with zero attached hydrogens (tertiary/aromatic N) is 3. The highest BCUT2D eigenvalue weighted by atomic mass is 16.6. The monoisotopic (exact) mass is 443 g/mol. The summed E-state index contributed by atoms with van der Waals surface area (Å²) in [5, 5.41) is 38.0. The zero-order valence-electron chi connectivity index (χ0n) is 17.3. The lowest BCUT2D eigenvalue weighted by Gasteiger charge is -2.17. The summed E-state index contributed by atoms with van der Waals surface area (Å²) in [6.07, 6.45) is 0.599. The molecule has 2 aromatic rings. The van der Waals surface area contributed by atoms with Crippen molar-refractivity contribution in [1.82, 2.24) is 10.7 Å². The molecule has 12 nitrogen and oxygen atoms in total. The lowest BCUT2D eigenvalue weighted by molar-refractivity contribution is -0.394. The molecule has 0 fully saturated rings. The highest BCUT2D eigenvalue weighted by Crippen LogP contribution is 2.23. The van der Waals surface area contributed by atoms with Gasteiger partial charge >= 0.3 is 0 Å². The molecule has 32 heavy (non-hydrogen) atoms. The number of rotatable bonds is 9. The molecule has 0 aliphatic carbocycles. The quantitative estimate of drug-likeness (QED) is 0.303. The normalized spacial score (nSPS) is 12.0. The average Bonchev–Trinajstić information content (AvgIpc) is 2.77. The Labute approximate surface area is 182 Å². The standard InChI is InChI=1S/C20H21N5O7/c1-3-12(2)22-23-20(28)18(8-13-4-6-17(26)7-5-13)21-19(27)14-9-15(24(29)30)11-16(10-14)25(31)32/h4-7,9-11,18,26H,3,8H2,1-2H3,(H,21,27)(H,23,28)/b22-12+. The van der Waals surface area contributed by atoms with Crippen LogP contribution in [0.5, 0.6) is 5.75 Å². The van der Waals surface area contributed by atoms with Crippen LogP contribution >= 0.6 is 0 Å². The molecule has 0 radical (unpaired) electrons. The largest absolute Gasteiger partial charge is 0.508 e. The van der Waals surface area contributed by atoms with E-state index in [9.17, 15) is 34.9 Å². The van der Waals surface area contributed by atoms with Crippen molar-refractivity contribution in [2.75, 3.05) is 0 Å². The number of amides is 2. The van der Waals surface area contributed by atoms with Crippen molar-refractivity contribution in [2.24, 2.45) is 5.10 Å². The van der Waals surface area contributed by atoms with Gasteiger partial charge in [-0.1, -0.05) is 19.1 Å². The zero-order valence-corrected chi connectivity index (χ0v) is 17.3. The number of non-ortho nitro benzene ring substituents is 2. The van der Waals surface area contributed by atoms with Gasteiger partial charge in [0.1, 0.15) is 11.8 Å². The molecule has 2 amide bonds. The van der Waals surface area contributed by atoms with Crippen molar-refractivity contribution in [2.45, 2.75) is 32.7 Å². The van der Waals surface area contributed by atoms with E-state index in [2.05, 4.69) is 15.8 Å². The van der Waals surface area contributed by atoms with Gasteiger partial charge in [-0.25, -0.2) is 5.43 Å². The molecular weight excluding hydrogens is 422 g/mol. The first-order valence-corrected chi connectivity index (χ1v) is 9.46. The van der Waals surface area contributed by atoms with Gasteiger partial charge in [-0.05, 0) is 31.0 Å². The van der Waals surface area contributed by atoms with Crippen LogP contribution in [0.2, 0.25) is 0 Å². The number of phenolic OH excluding ortho intramolecular Hbond substituents is 1. The van der Waals surface area contributed by atoms with E-state index in [1.54, 1.807) is 19.1 Å². The summed E-state index contributed by atoms with van der Waals surface area (Å²) >= 11 is 0. The summed E-state index contributed by atoms with van der Waals surface area (Å²) in [7, 11) is 0. The Morgan fingerprint density at radius 1 is 1.06 bits per heavy atom. The third kappa shape index (κ3) is 6.58. The minimum Gasteiger partial charge on any atom is -0.508 e. The molecule has 12 heteroatoms. The highest BCUT2D eigenvalue weighted by molar-refractivity contribution is 5.98. The first kappa shape index (κ1) is 23.9. The number of hydrogen-bond donors (Lipinski definition) is 3. The number of hydrogen-bond acceptors (Lipinski definition) is 8. The maximum absolute atomic E-state index is 12.7. The van der Waals surface area contributed by atoms with Crippen LogP contribution in [0.4, 0.5) is 11.4 Å². The summed E-state index contributed by atoms with van der Waals surface area (Å²) in [4.78, 5) is 45.8. The number of hydrazone groups is 1. The molecule has 0 aliphatic rings. The van der Waals surface area contributed by atoms with Crippen LogP contribution in [0.1, 0.15) is 36.2 Å². The molecule has 0 spiro atoms. The second-order valence-corrected chi connectivity index (χ2v) is 6.83. The van der Waals surface area contributed by atoms with Crippen LogP contribution in [0.3, 0.4) is 0 Å². The first-order valence-electron chi connectivity index (χ1n) is 9.46. The third-order valence-corrected chi connectivity index (χ3v) is 4.45. The number of nitro benzene ring substituents is 2. The Hall–Kier alpha value is -4.35. The Morgan fingerprint density at radius 3 is 2.12 bits per heavy atom. The second-order valence-electron chi connectivity index (χ2n) is 6.83. The molecule has 1 unspecified atom stereocenters.